The van der Waals surface area contributed by atoms with E-state index in [0.29, 0.717) is 0 Å². The lowest BCUT2D eigenvalue weighted by molar-refractivity contribution is 0.388. The van der Waals surface area contributed by atoms with Gasteiger partial charge in [-0.2, -0.15) is 0 Å². The lowest BCUT2D eigenvalue weighted by Gasteiger charge is -2.11. The van der Waals surface area contributed by atoms with Gasteiger partial charge in [-0.1, -0.05) is 0 Å². The highest BCUT2D eigenvalue weighted by Gasteiger charge is 2.20. The molecule has 0 amide bonds. The van der Waals surface area contributed by atoms with Crippen molar-refractivity contribution in [1.82, 2.24) is 15.5 Å². The molecule has 1 saturated heterocycles. The molecule has 1 heterocycles. The molecule has 1 aliphatic carbocycles. The monoisotopic (exact) mass is 197 g/mol. The fraction of sp³-hybridized carbons (Fsp3) is 1.00. The standard InChI is InChI=1S/C11H23N3/c1-14-7-4-10(9-14)8-12-5-6-13-11-2-3-11/h10-13H,2-9H2,1H3. The van der Waals surface area contributed by atoms with Crippen molar-refractivity contribution in [2.24, 2.45) is 5.92 Å². The van der Waals surface area contributed by atoms with E-state index in [4.69, 9.17) is 0 Å². The van der Waals surface area contributed by atoms with Crippen LogP contribution in [0.4, 0.5) is 0 Å². The first-order valence-electron chi connectivity index (χ1n) is 5.97. The summed E-state index contributed by atoms with van der Waals surface area (Å²) in [7, 11) is 2.22. The maximum absolute atomic E-state index is 3.54. The predicted octanol–water partition coefficient (Wildman–Crippen LogP) is 0.280. The van der Waals surface area contributed by atoms with E-state index in [0.717, 1.165) is 25.0 Å². The van der Waals surface area contributed by atoms with Crippen LogP contribution in [-0.4, -0.2) is 50.7 Å². The molecule has 1 aliphatic heterocycles. The first-order chi connectivity index (χ1) is 6.84. The van der Waals surface area contributed by atoms with Crippen LogP contribution >= 0.6 is 0 Å². The number of nitrogens with zero attached hydrogens (tertiary/aromatic N) is 1. The van der Waals surface area contributed by atoms with Crippen molar-refractivity contribution < 1.29 is 0 Å². The minimum Gasteiger partial charge on any atom is -0.315 e. The van der Waals surface area contributed by atoms with Gasteiger partial charge in [-0.15, -0.1) is 0 Å². The summed E-state index contributed by atoms with van der Waals surface area (Å²) in [5.41, 5.74) is 0. The van der Waals surface area contributed by atoms with Crippen LogP contribution in [0.3, 0.4) is 0 Å². The third-order valence-electron chi connectivity index (χ3n) is 3.23. The Morgan fingerprint density at radius 1 is 1.21 bits per heavy atom. The van der Waals surface area contributed by atoms with Gasteiger partial charge in [-0.05, 0) is 45.3 Å². The molecule has 82 valence electrons. The molecule has 1 atom stereocenters. The molecule has 2 rings (SSSR count). The highest BCUT2D eigenvalue weighted by molar-refractivity contribution is 4.81. The smallest absolute Gasteiger partial charge is 0.00793 e. The third-order valence-corrected chi connectivity index (χ3v) is 3.23. The van der Waals surface area contributed by atoms with Gasteiger partial charge >= 0.3 is 0 Å². The molecule has 14 heavy (non-hydrogen) atoms. The van der Waals surface area contributed by atoms with E-state index >= 15 is 0 Å². The maximum Gasteiger partial charge on any atom is 0.00793 e. The van der Waals surface area contributed by atoms with Gasteiger partial charge in [0.15, 0.2) is 0 Å². The van der Waals surface area contributed by atoms with E-state index in [1.54, 1.807) is 0 Å². The normalized spacial score (nSPS) is 28.5. The molecule has 3 nitrogen and oxygen atoms in total. The van der Waals surface area contributed by atoms with Crippen LogP contribution in [-0.2, 0) is 0 Å². The topological polar surface area (TPSA) is 27.3 Å². The third kappa shape index (κ3) is 3.56. The van der Waals surface area contributed by atoms with Crippen LogP contribution in [0.5, 0.6) is 0 Å². The van der Waals surface area contributed by atoms with Crippen molar-refractivity contribution >= 4 is 0 Å². The van der Waals surface area contributed by atoms with Crippen molar-refractivity contribution in [3.05, 3.63) is 0 Å². The van der Waals surface area contributed by atoms with Gasteiger partial charge in [0.2, 0.25) is 0 Å². The lowest BCUT2D eigenvalue weighted by atomic mass is 10.1. The van der Waals surface area contributed by atoms with E-state index in [2.05, 4.69) is 22.6 Å². The fourth-order valence-corrected chi connectivity index (χ4v) is 2.15. The molecule has 3 heteroatoms. The largest absolute Gasteiger partial charge is 0.315 e. The molecule has 1 unspecified atom stereocenters. The number of hydrogen-bond donors (Lipinski definition) is 2. The summed E-state index contributed by atoms with van der Waals surface area (Å²) >= 11 is 0. The Morgan fingerprint density at radius 2 is 2.07 bits per heavy atom. The van der Waals surface area contributed by atoms with Crippen LogP contribution in [0.25, 0.3) is 0 Å². The van der Waals surface area contributed by atoms with Crippen molar-refractivity contribution in [1.29, 1.82) is 0 Å². The Morgan fingerprint density at radius 3 is 2.71 bits per heavy atom. The second kappa shape index (κ2) is 5.10. The zero-order valence-corrected chi connectivity index (χ0v) is 9.26. The molecule has 0 radical (unpaired) electrons. The zero-order chi connectivity index (χ0) is 9.80. The Hall–Kier alpha value is -0.120. The average molecular weight is 197 g/mol. The zero-order valence-electron chi connectivity index (χ0n) is 9.26. The van der Waals surface area contributed by atoms with E-state index in [-0.39, 0.29) is 0 Å². The predicted molar refractivity (Wildman–Crippen MR) is 59.5 cm³/mol. The number of likely N-dealkylation sites (tertiary alicyclic amines) is 1. The maximum atomic E-state index is 3.54. The van der Waals surface area contributed by atoms with E-state index in [9.17, 15) is 0 Å². The molecule has 0 aromatic carbocycles. The summed E-state index contributed by atoms with van der Waals surface area (Å²) in [6.45, 7) is 6.05. The SMILES string of the molecule is CN1CCC(CNCCNC2CC2)C1. The second-order valence-corrected chi connectivity index (χ2v) is 4.85. The van der Waals surface area contributed by atoms with Crippen molar-refractivity contribution in [2.75, 3.05) is 39.8 Å². The Bertz CT molecular complexity index is 168. The molecule has 0 aromatic heterocycles. The van der Waals surface area contributed by atoms with E-state index in [1.165, 1.54) is 38.9 Å². The highest BCUT2D eigenvalue weighted by atomic mass is 15.1. The van der Waals surface area contributed by atoms with Crippen LogP contribution < -0.4 is 10.6 Å². The van der Waals surface area contributed by atoms with Gasteiger partial charge in [-0.3, -0.25) is 0 Å². The van der Waals surface area contributed by atoms with E-state index < -0.39 is 0 Å². The molecule has 2 fully saturated rings. The summed E-state index contributed by atoms with van der Waals surface area (Å²) < 4.78 is 0. The first-order valence-corrected chi connectivity index (χ1v) is 5.97. The molecule has 2 N–H and O–H groups in total. The molecular weight excluding hydrogens is 174 g/mol. The average Bonchev–Trinajstić information content (AvgIpc) is 2.89. The summed E-state index contributed by atoms with van der Waals surface area (Å²) in [6, 6.07) is 0.856. The van der Waals surface area contributed by atoms with Crippen molar-refractivity contribution in [3.8, 4) is 0 Å². The van der Waals surface area contributed by atoms with Crippen LogP contribution in [0.1, 0.15) is 19.3 Å². The molecule has 0 spiro atoms. The highest BCUT2D eigenvalue weighted by Crippen LogP contribution is 2.17. The summed E-state index contributed by atoms with van der Waals surface area (Å²) in [4.78, 5) is 2.43. The van der Waals surface area contributed by atoms with Gasteiger partial charge < -0.3 is 15.5 Å². The quantitative estimate of drug-likeness (QED) is 0.599. The molecule has 1 saturated carbocycles. The summed E-state index contributed by atoms with van der Waals surface area (Å²) in [5, 5.41) is 7.06. The second-order valence-electron chi connectivity index (χ2n) is 4.85. The number of nitrogens with one attached hydrogen (secondary N) is 2. The number of rotatable bonds is 6. The minimum atomic E-state index is 0.856. The van der Waals surface area contributed by atoms with E-state index in [1.807, 2.05) is 0 Å². The number of hydrogen-bond acceptors (Lipinski definition) is 3. The first kappa shape index (κ1) is 10.4. The van der Waals surface area contributed by atoms with Gasteiger partial charge in [0, 0.05) is 25.7 Å². The minimum absolute atomic E-state index is 0.856. The van der Waals surface area contributed by atoms with Gasteiger partial charge in [0.05, 0.1) is 0 Å². The van der Waals surface area contributed by atoms with Crippen LogP contribution in [0, 0.1) is 5.92 Å². The molecule has 0 bridgehead atoms. The Labute approximate surface area is 87.2 Å². The van der Waals surface area contributed by atoms with Crippen LogP contribution in [0.2, 0.25) is 0 Å². The Kier molecular flexibility index (Phi) is 3.79. The lowest BCUT2D eigenvalue weighted by Crippen LogP contribution is -2.32. The fourth-order valence-electron chi connectivity index (χ4n) is 2.15. The Balaban J connectivity index is 1.42. The van der Waals surface area contributed by atoms with Gasteiger partial charge in [0.25, 0.3) is 0 Å². The van der Waals surface area contributed by atoms with Gasteiger partial charge in [0.1, 0.15) is 0 Å². The molecule has 2 aliphatic rings. The van der Waals surface area contributed by atoms with Gasteiger partial charge in [-0.25, -0.2) is 0 Å². The van der Waals surface area contributed by atoms with Crippen LogP contribution in [0.15, 0.2) is 0 Å². The molecule has 0 aromatic rings. The molecular formula is C11H23N3. The summed E-state index contributed by atoms with van der Waals surface area (Å²) in [5.74, 6) is 0.890. The summed E-state index contributed by atoms with van der Waals surface area (Å²) in [6.07, 6.45) is 4.17. The van der Waals surface area contributed by atoms with Crippen molar-refractivity contribution in [2.45, 2.75) is 25.3 Å². The van der Waals surface area contributed by atoms with Crippen molar-refractivity contribution in [3.63, 3.8) is 0 Å².